The Hall–Kier alpha value is -1.10. The normalized spacial score (nSPS) is 19.7. The lowest BCUT2D eigenvalue weighted by atomic mass is 10.1. The van der Waals surface area contributed by atoms with Crippen molar-refractivity contribution in [3.8, 4) is 0 Å². The average molecular weight is 255 g/mol. The maximum absolute atomic E-state index is 12.1. The van der Waals surface area contributed by atoms with Crippen molar-refractivity contribution < 1.29 is 9.59 Å². The Morgan fingerprint density at radius 2 is 2.11 bits per heavy atom. The summed E-state index contributed by atoms with van der Waals surface area (Å²) in [6.07, 6.45) is 4.93. The Labute approximate surface area is 109 Å². The van der Waals surface area contributed by atoms with Gasteiger partial charge in [-0.1, -0.05) is 26.2 Å². The van der Waals surface area contributed by atoms with Gasteiger partial charge in [-0.25, -0.2) is 0 Å². The highest BCUT2D eigenvalue weighted by Gasteiger charge is 2.30. The molecule has 0 aromatic heterocycles. The zero-order chi connectivity index (χ0) is 13.4. The molecule has 0 aliphatic carbocycles. The van der Waals surface area contributed by atoms with E-state index in [1.165, 1.54) is 12.8 Å². The molecule has 1 unspecified atom stereocenters. The van der Waals surface area contributed by atoms with E-state index in [2.05, 4.69) is 17.6 Å². The number of likely N-dealkylation sites (N-methyl/N-ethyl adjacent to an activating group) is 1. The van der Waals surface area contributed by atoms with E-state index >= 15 is 0 Å². The highest BCUT2D eigenvalue weighted by Crippen LogP contribution is 2.10. The molecule has 0 bridgehead atoms. The molecule has 2 N–H and O–H groups in total. The van der Waals surface area contributed by atoms with E-state index in [0.29, 0.717) is 19.5 Å². The number of carbonyl (C=O) groups is 2. The van der Waals surface area contributed by atoms with Gasteiger partial charge in [0.25, 0.3) is 0 Å². The van der Waals surface area contributed by atoms with Crippen molar-refractivity contribution in [2.75, 3.05) is 26.7 Å². The van der Waals surface area contributed by atoms with Gasteiger partial charge in [-0.05, 0) is 6.42 Å². The molecule has 0 aromatic rings. The number of hydrogen-bond donors (Lipinski definition) is 2. The van der Waals surface area contributed by atoms with Crippen LogP contribution in [0.4, 0.5) is 0 Å². The third-order valence-corrected chi connectivity index (χ3v) is 3.36. The minimum Gasteiger partial charge on any atom is -0.357 e. The summed E-state index contributed by atoms with van der Waals surface area (Å²) in [6.45, 7) is 4.11. The van der Waals surface area contributed by atoms with Crippen LogP contribution in [0.25, 0.3) is 0 Å². The van der Waals surface area contributed by atoms with Gasteiger partial charge < -0.3 is 15.5 Å². The van der Waals surface area contributed by atoms with E-state index in [0.717, 1.165) is 19.4 Å². The third-order valence-electron chi connectivity index (χ3n) is 3.36. The second kappa shape index (κ2) is 8.08. The predicted molar refractivity (Wildman–Crippen MR) is 71.2 cm³/mol. The van der Waals surface area contributed by atoms with Crippen LogP contribution in [0.3, 0.4) is 0 Å². The van der Waals surface area contributed by atoms with Crippen LogP contribution in [0.2, 0.25) is 0 Å². The van der Waals surface area contributed by atoms with Gasteiger partial charge in [0.05, 0.1) is 0 Å². The second-order valence-corrected chi connectivity index (χ2v) is 4.73. The van der Waals surface area contributed by atoms with Crippen LogP contribution >= 0.6 is 0 Å². The summed E-state index contributed by atoms with van der Waals surface area (Å²) in [7, 11) is 1.61. The van der Waals surface area contributed by atoms with Crippen molar-refractivity contribution in [3.05, 3.63) is 0 Å². The van der Waals surface area contributed by atoms with Crippen LogP contribution in [0.1, 0.15) is 39.0 Å². The molecule has 1 saturated heterocycles. The van der Waals surface area contributed by atoms with Gasteiger partial charge in [-0.2, -0.15) is 0 Å². The van der Waals surface area contributed by atoms with Gasteiger partial charge in [0.2, 0.25) is 11.8 Å². The Morgan fingerprint density at radius 1 is 1.33 bits per heavy atom. The monoisotopic (exact) mass is 255 g/mol. The molecular weight excluding hydrogens is 230 g/mol. The summed E-state index contributed by atoms with van der Waals surface area (Å²) in [5, 5.41) is 5.78. The van der Waals surface area contributed by atoms with Crippen molar-refractivity contribution >= 4 is 11.8 Å². The topological polar surface area (TPSA) is 61.4 Å². The Balaban J connectivity index is 2.44. The van der Waals surface area contributed by atoms with Gasteiger partial charge in [0.1, 0.15) is 6.04 Å². The van der Waals surface area contributed by atoms with E-state index < -0.39 is 0 Å². The highest BCUT2D eigenvalue weighted by atomic mass is 16.2. The number of amides is 2. The van der Waals surface area contributed by atoms with Crippen molar-refractivity contribution in [2.24, 2.45) is 0 Å². The number of unbranched alkanes of at least 4 members (excludes halogenated alkanes) is 3. The molecule has 1 fully saturated rings. The summed E-state index contributed by atoms with van der Waals surface area (Å²) < 4.78 is 0. The van der Waals surface area contributed by atoms with E-state index in [-0.39, 0.29) is 17.9 Å². The lowest BCUT2D eigenvalue weighted by molar-refractivity contribution is -0.141. The quantitative estimate of drug-likeness (QED) is 0.680. The molecule has 0 aromatic carbocycles. The minimum atomic E-state index is -0.345. The number of piperazine rings is 1. The Morgan fingerprint density at radius 3 is 2.78 bits per heavy atom. The number of nitrogens with zero attached hydrogens (tertiary/aromatic N) is 1. The van der Waals surface area contributed by atoms with Crippen molar-refractivity contribution in [2.45, 2.75) is 45.1 Å². The molecule has 1 aliphatic heterocycles. The molecular formula is C13H25N3O2. The van der Waals surface area contributed by atoms with Gasteiger partial charge >= 0.3 is 0 Å². The fourth-order valence-electron chi connectivity index (χ4n) is 2.25. The van der Waals surface area contributed by atoms with Gasteiger partial charge in [0, 0.05) is 33.1 Å². The minimum absolute atomic E-state index is 0.0795. The molecule has 0 radical (unpaired) electrons. The van der Waals surface area contributed by atoms with Crippen LogP contribution in [-0.2, 0) is 9.59 Å². The summed E-state index contributed by atoms with van der Waals surface area (Å²) in [4.78, 5) is 25.5. The first-order valence-corrected chi connectivity index (χ1v) is 6.92. The molecule has 0 spiro atoms. The van der Waals surface area contributed by atoms with E-state index in [1.54, 1.807) is 11.9 Å². The molecule has 1 aliphatic rings. The fourth-order valence-corrected chi connectivity index (χ4v) is 2.25. The van der Waals surface area contributed by atoms with E-state index in [4.69, 9.17) is 0 Å². The summed E-state index contributed by atoms with van der Waals surface area (Å²) >= 11 is 0. The predicted octanol–water partition coefficient (Wildman–Crippen LogP) is 0.503. The SMILES string of the molecule is CCCCCCC(=O)N1CCNCC1C(=O)NC. The fraction of sp³-hybridized carbons (Fsp3) is 0.846. The second-order valence-electron chi connectivity index (χ2n) is 4.73. The largest absolute Gasteiger partial charge is 0.357 e. The Kier molecular flexibility index (Phi) is 6.72. The number of nitrogens with one attached hydrogen (secondary N) is 2. The molecule has 1 atom stereocenters. The molecule has 1 rings (SSSR count). The van der Waals surface area contributed by atoms with Gasteiger partial charge in [0.15, 0.2) is 0 Å². The standard InChI is InChI=1S/C13H25N3O2/c1-3-4-5-6-7-12(17)16-9-8-15-10-11(16)13(18)14-2/h11,15H,3-10H2,1-2H3,(H,14,18). The highest BCUT2D eigenvalue weighted by molar-refractivity contribution is 5.88. The third kappa shape index (κ3) is 4.29. The summed E-state index contributed by atoms with van der Waals surface area (Å²) in [6, 6.07) is -0.345. The van der Waals surface area contributed by atoms with Crippen molar-refractivity contribution in [1.82, 2.24) is 15.5 Å². The zero-order valence-corrected chi connectivity index (χ0v) is 11.5. The van der Waals surface area contributed by atoms with Crippen LogP contribution in [0.15, 0.2) is 0 Å². The van der Waals surface area contributed by atoms with Crippen LogP contribution < -0.4 is 10.6 Å². The Bertz CT molecular complexity index is 281. The molecule has 104 valence electrons. The lowest BCUT2D eigenvalue weighted by Crippen LogP contribution is -2.59. The molecule has 18 heavy (non-hydrogen) atoms. The maximum atomic E-state index is 12.1. The average Bonchev–Trinajstić information content (AvgIpc) is 2.42. The van der Waals surface area contributed by atoms with E-state index in [1.807, 2.05) is 0 Å². The number of hydrogen-bond acceptors (Lipinski definition) is 3. The maximum Gasteiger partial charge on any atom is 0.243 e. The molecule has 2 amide bonds. The van der Waals surface area contributed by atoms with Gasteiger partial charge in [-0.3, -0.25) is 9.59 Å². The van der Waals surface area contributed by atoms with Crippen LogP contribution in [0.5, 0.6) is 0 Å². The number of rotatable bonds is 6. The van der Waals surface area contributed by atoms with Crippen LogP contribution in [0, 0.1) is 0 Å². The van der Waals surface area contributed by atoms with Crippen molar-refractivity contribution in [3.63, 3.8) is 0 Å². The zero-order valence-electron chi connectivity index (χ0n) is 11.5. The molecule has 5 heteroatoms. The first kappa shape index (κ1) is 15.0. The molecule has 1 heterocycles. The first-order valence-electron chi connectivity index (χ1n) is 6.92. The lowest BCUT2D eigenvalue weighted by Gasteiger charge is -2.35. The molecule has 5 nitrogen and oxygen atoms in total. The smallest absolute Gasteiger partial charge is 0.243 e. The first-order chi connectivity index (χ1) is 8.70. The van der Waals surface area contributed by atoms with Crippen molar-refractivity contribution in [1.29, 1.82) is 0 Å². The van der Waals surface area contributed by atoms with Gasteiger partial charge in [-0.15, -0.1) is 0 Å². The van der Waals surface area contributed by atoms with Crippen LogP contribution in [-0.4, -0.2) is 49.4 Å². The van der Waals surface area contributed by atoms with E-state index in [9.17, 15) is 9.59 Å². The number of carbonyl (C=O) groups excluding carboxylic acids is 2. The molecule has 0 saturated carbocycles. The summed E-state index contributed by atoms with van der Waals surface area (Å²) in [5.41, 5.74) is 0. The summed E-state index contributed by atoms with van der Waals surface area (Å²) in [5.74, 6) is 0.0327.